The molecule has 3 heterocycles. The third-order valence-electron chi connectivity index (χ3n) is 10.5. The molecule has 2 fully saturated rings. The first-order chi connectivity index (χ1) is 29.4. The molecule has 1 unspecified atom stereocenters. The number of ether oxygens (including phenoxy) is 3. The van der Waals surface area contributed by atoms with Gasteiger partial charge < -0.3 is 55.0 Å². The second-order valence-electron chi connectivity index (χ2n) is 14.5. The van der Waals surface area contributed by atoms with Gasteiger partial charge in [-0.15, -0.1) is 23.2 Å². The molecule has 2 aromatic carbocycles. The number of aliphatic hydroxyl groups excluding tert-OH is 2. The first kappa shape index (κ1) is 48.9. The molecule has 20 nitrogen and oxygen atoms in total. The Morgan fingerprint density at radius 1 is 1.10 bits per heavy atom. The minimum absolute atomic E-state index is 0.0173. The fourth-order valence-electron chi connectivity index (χ4n) is 7.42. The Balaban J connectivity index is 0.000000256. The number of aliphatic hydroxyl groups is 3. The zero-order valence-electron chi connectivity index (χ0n) is 33.4. The average Bonchev–Trinajstić information content (AvgIpc) is 3.24. The number of halogens is 3. The number of carbonyl (C=O) groups excluding carboxylic acids is 3. The lowest BCUT2D eigenvalue weighted by molar-refractivity contribution is -0.247. The van der Waals surface area contributed by atoms with Crippen molar-refractivity contribution in [3.63, 3.8) is 0 Å². The van der Waals surface area contributed by atoms with Crippen LogP contribution >= 0.6 is 30.9 Å². The molecule has 7 atom stereocenters. The van der Waals surface area contributed by atoms with Gasteiger partial charge in [0.2, 0.25) is 11.6 Å². The van der Waals surface area contributed by atoms with E-state index in [9.17, 15) is 58.5 Å². The maximum atomic E-state index is 13.6. The van der Waals surface area contributed by atoms with Crippen molar-refractivity contribution in [2.24, 2.45) is 5.73 Å². The second kappa shape index (κ2) is 20.6. The summed E-state index contributed by atoms with van der Waals surface area (Å²) in [5.74, 6) is -3.92. The largest absolute Gasteiger partial charge is 0.507 e. The lowest BCUT2D eigenvalue weighted by Crippen LogP contribution is -2.53. The number of H-pyrrole nitrogens is 2. The number of alkyl halides is 2. The van der Waals surface area contributed by atoms with E-state index in [1.807, 2.05) is 4.98 Å². The van der Waals surface area contributed by atoms with Crippen molar-refractivity contribution < 1.29 is 67.6 Å². The van der Waals surface area contributed by atoms with Crippen molar-refractivity contribution in [2.75, 3.05) is 51.7 Å². The Kier molecular flexibility index (Phi) is 16.3. The highest BCUT2D eigenvalue weighted by Crippen LogP contribution is 2.53. The third-order valence-corrected chi connectivity index (χ3v) is 13.2. The maximum absolute atomic E-state index is 13.6. The van der Waals surface area contributed by atoms with Crippen LogP contribution in [0.2, 0.25) is 0 Å². The molecule has 0 radical (unpaired) electrons. The van der Waals surface area contributed by atoms with E-state index in [1.54, 1.807) is 16.6 Å². The van der Waals surface area contributed by atoms with Gasteiger partial charge in [-0.3, -0.25) is 28.7 Å². The van der Waals surface area contributed by atoms with Crippen LogP contribution in [0.5, 0.6) is 17.2 Å². The molecule has 0 bridgehead atoms. The van der Waals surface area contributed by atoms with Crippen LogP contribution in [-0.2, 0) is 29.8 Å². The smallest absolute Gasteiger partial charge is 0.343 e. The summed E-state index contributed by atoms with van der Waals surface area (Å²) in [5, 5.41) is 56.6. The van der Waals surface area contributed by atoms with Crippen LogP contribution in [0.4, 0.5) is 4.39 Å². The van der Waals surface area contributed by atoms with Crippen molar-refractivity contribution in [2.45, 2.75) is 68.9 Å². The number of fused-ring (bicyclic) bond motifs is 3. The summed E-state index contributed by atoms with van der Waals surface area (Å²) in [6.45, 7) is 2.87. The fourth-order valence-corrected chi connectivity index (χ4v) is 10.1. The first-order valence-electron chi connectivity index (χ1n) is 19.2. The Morgan fingerprint density at radius 3 is 2.34 bits per heavy atom. The molecule has 1 aromatic heterocycles. The lowest BCUT2D eigenvalue weighted by atomic mass is 9.72. The number of rotatable bonds is 10. The van der Waals surface area contributed by atoms with Crippen LogP contribution in [-0.4, -0.2) is 139 Å². The summed E-state index contributed by atoms with van der Waals surface area (Å²) in [6.07, 6.45) is -3.52. The topological polar surface area (TPSA) is 313 Å². The van der Waals surface area contributed by atoms with Gasteiger partial charge in [0, 0.05) is 79.6 Å². The van der Waals surface area contributed by atoms with Gasteiger partial charge in [0.25, 0.3) is 5.56 Å². The Morgan fingerprint density at radius 2 is 1.77 bits per heavy atom. The number of aromatic amines is 2. The SMILES string of the molecule is COc1cccc2c1C(=O)c1c(O)c3c(c(O)c1C2=O)C[C@@](O)(C(=O)CO)C[C@@H]3O[C@H]1C[C@H](N)[C@@H](O)[C@H](C)O1.O=P1(N(CCCl)CCCl)NCCCO1.O=c1[nH]cc(F)c(=O)[nH]1. The highest BCUT2D eigenvalue weighted by molar-refractivity contribution is 7.54. The number of hydrogen-bond acceptors (Lipinski definition) is 16. The summed E-state index contributed by atoms with van der Waals surface area (Å²) < 4.78 is 48.2. The lowest BCUT2D eigenvalue weighted by Gasteiger charge is -2.42. The zero-order valence-corrected chi connectivity index (χ0v) is 35.8. The molecule has 7 rings (SSSR count). The number of nitrogens with one attached hydrogen (secondary N) is 3. The molecule has 340 valence electrons. The number of hydrogen-bond donors (Lipinski definition) is 9. The van der Waals surface area contributed by atoms with Crippen LogP contribution in [0.1, 0.15) is 75.3 Å². The van der Waals surface area contributed by atoms with E-state index in [0.29, 0.717) is 37.7 Å². The van der Waals surface area contributed by atoms with Crippen LogP contribution in [0.15, 0.2) is 34.0 Å². The van der Waals surface area contributed by atoms with Crippen molar-refractivity contribution in [3.05, 3.63) is 84.4 Å². The summed E-state index contributed by atoms with van der Waals surface area (Å²) in [7, 11) is -1.52. The van der Waals surface area contributed by atoms with Gasteiger partial charge in [0.15, 0.2) is 17.9 Å². The highest BCUT2D eigenvalue weighted by atomic mass is 35.5. The Bertz CT molecular complexity index is 2310. The van der Waals surface area contributed by atoms with Crippen molar-refractivity contribution >= 4 is 48.2 Å². The average molecular weight is 935 g/mol. The summed E-state index contributed by atoms with van der Waals surface area (Å²) in [4.78, 5) is 63.7. The van der Waals surface area contributed by atoms with Gasteiger partial charge in [-0.05, 0) is 19.4 Å². The number of phenolic OH excluding ortho intramolecular Hbond substituents is 2. The van der Waals surface area contributed by atoms with E-state index >= 15 is 0 Å². The van der Waals surface area contributed by atoms with Gasteiger partial charge in [0.1, 0.15) is 29.5 Å². The Hall–Kier alpha value is -4.09. The summed E-state index contributed by atoms with van der Waals surface area (Å²) in [6, 6.07) is 3.64. The summed E-state index contributed by atoms with van der Waals surface area (Å²) in [5.41, 5.74) is 0.666. The maximum Gasteiger partial charge on any atom is 0.343 e. The zero-order chi connectivity index (χ0) is 45.7. The van der Waals surface area contributed by atoms with Gasteiger partial charge in [0.05, 0.1) is 48.7 Å². The molecule has 62 heavy (non-hydrogen) atoms. The number of benzene rings is 2. The van der Waals surface area contributed by atoms with Crippen molar-refractivity contribution in [1.29, 1.82) is 0 Å². The van der Waals surface area contributed by atoms with Crippen LogP contribution in [0.3, 0.4) is 0 Å². The monoisotopic (exact) mass is 933 g/mol. The van der Waals surface area contributed by atoms with E-state index in [0.717, 1.165) is 13.0 Å². The predicted octanol–water partition coefficient (Wildman–Crippen LogP) is 1.09. The number of nitrogens with two attached hydrogens (primary N) is 1. The normalized spacial score (nSPS) is 26.5. The first-order valence-corrected chi connectivity index (χ1v) is 21.8. The third kappa shape index (κ3) is 10.1. The number of Topliss-reactive ketones (excluding diaryl/α,β-unsaturated/α-hetero) is 1. The molecule has 10 N–H and O–H groups in total. The fraction of sp³-hybridized carbons (Fsp3) is 0.500. The van der Waals surface area contributed by atoms with Crippen LogP contribution in [0, 0.1) is 5.82 Å². The van der Waals surface area contributed by atoms with Gasteiger partial charge in [-0.25, -0.2) is 14.6 Å². The molecule has 0 amide bonds. The number of phenols is 2. The van der Waals surface area contributed by atoms with E-state index in [4.69, 9.17) is 47.7 Å². The van der Waals surface area contributed by atoms with Crippen molar-refractivity contribution in [3.8, 4) is 17.2 Å². The molecular weight excluding hydrogens is 887 g/mol. The molecule has 24 heteroatoms. The molecule has 0 saturated carbocycles. The van der Waals surface area contributed by atoms with Crippen LogP contribution in [0.25, 0.3) is 0 Å². The molecule has 4 aliphatic rings. The number of carbonyl (C=O) groups is 3. The van der Waals surface area contributed by atoms with E-state index in [1.165, 1.54) is 25.3 Å². The molecule has 2 aliphatic heterocycles. The van der Waals surface area contributed by atoms with E-state index in [2.05, 4.69) is 5.09 Å². The second-order valence-corrected chi connectivity index (χ2v) is 17.5. The van der Waals surface area contributed by atoms with Gasteiger partial charge in [-0.2, -0.15) is 4.39 Å². The van der Waals surface area contributed by atoms with E-state index < -0.39 is 120 Å². The predicted molar refractivity (Wildman–Crippen MR) is 219 cm³/mol. The van der Waals surface area contributed by atoms with Gasteiger partial charge >= 0.3 is 13.4 Å². The molecule has 0 spiro atoms. The molecule has 2 saturated heterocycles. The minimum Gasteiger partial charge on any atom is -0.507 e. The minimum atomic E-state index is -2.84. The number of aromatic nitrogens is 2. The molecule has 3 aromatic rings. The standard InChI is InChI=1S/C27H29NO11.C7H15Cl2N2O2P.C4H3FN2O2/c1-10-22(31)13(28)6-17(38-10)39-15-8-27(36,16(30)9-29)7-12-19(15)26(35)21-20(24(12)33)23(32)11-4-3-5-14(37-2)18(11)25(21)34;8-2-5-11(6-3-9)14(12)10-4-1-7-13-14;5-2-1-6-4(9)7-3(2)8/h3-5,10,13,15,17,22,29,31,33,35-36H,6-9,28H2,1-2H3;1-7H2,(H,10,12);1H,(H2,6,7,8,9)/t10-,13-,15-,17-,22-,27-;;/m0../s1. The molecule has 2 aliphatic carbocycles. The molecular formula is C38H47Cl2FN5O15P. The number of ketones is 3. The quantitative estimate of drug-likeness (QED) is 0.0611. The number of methoxy groups -OCH3 is 1. The Labute approximate surface area is 362 Å². The van der Waals surface area contributed by atoms with E-state index in [-0.39, 0.29) is 34.4 Å². The number of aromatic hydroxyl groups is 2. The van der Waals surface area contributed by atoms with Gasteiger partial charge in [-0.1, -0.05) is 12.1 Å². The van der Waals surface area contributed by atoms with Crippen molar-refractivity contribution in [1.82, 2.24) is 19.7 Å². The highest BCUT2D eigenvalue weighted by Gasteiger charge is 2.50. The van der Waals surface area contributed by atoms with Crippen LogP contribution < -0.4 is 26.8 Å². The number of nitrogens with zero attached hydrogens (tertiary/aromatic N) is 1. The summed E-state index contributed by atoms with van der Waals surface area (Å²) >= 11 is 11.2.